The average Bonchev–Trinajstić information content (AvgIpc) is 2.49. The molecule has 2 N–H and O–H groups in total. The van der Waals surface area contributed by atoms with Crippen molar-refractivity contribution in [1.82, 2.24) is 10.6 Å². The van der Waals surface area contributed by atoms with Gasteiger partial charge in [-0.15, -0.1) is 0 Å². The highest BCUT2D eigenvalue weighted by atomic mass is 16.5. The minimum Gasteiger partial charge on any atom is -0.481 e. The summed E-state index contributed by atoms with van der Waals surface area (Å²) in [5.74, 6) is 1.15. The zero-order valence-corrected chi connectivity index (χ0v) is 14.1. The van der Waals surface area contributed by atoms with Crippen LogP contribution in [0.2, 0.25) is 0 Å². The normalized spacial score (nSPS) is 23.1. The minimum atomic E-state index is -0.489. The summed E-state index contributed by atoms with van der Waals surface area (Å²) in [5.41, 5.74) is 1.22. The van der Waals surface area contributed by atoms with E-state index in [-0.39, 0.29) is 11.9 Å². The van der Waals surface area contributed by atoms with E-state index in [0.29, 0.717) is 12.0 Å². The van der Waals surface area contributed by atoms with Gasteiger partial charge in [-0.05, 0) is 56.8 Å². The Balaban J connectivity index is 1.92. The third kappa shape index (κ3) is 4.47. The van der Waals surface area contributed by atoms with Crippen molar-refractivity contribution in [2.75, 3.05) is 6.54 Å². The summed E-state index contributed by atoms with van der Waals surface area (Å²) in [6, 6.07) is 8.48. The van der Waals surface area contributed by atoms with Crippen LogP contribution in [0, 0.1) is 0 Å². The molecule has 4 heteroatoms. The zero-order valence-electron chi connectivity index (χ0n) is 14.1. The average molecular weight is 304 g/mol. The lowest BCUT2D eigenvalue weighted by molar-refractivity contribution is -0.128. The Kier molecular flexibility index (Phi) is 5.83. The van der Waals surface area contributed by atoms with Gasteiger partial charge in [-0.2, -0.15) is 0 Å². The van der Waals surface area contributed by atoms with E-state index in [1.165, 1.54) is 5.56 Å². The Labute approximate surface area is 133 Å². The highest BCUT2D eigenvalue weighted by Crippen LogP contribution is 2.21. The molecule has 1 aromatic rings. The Morgan fingerprint density at radius 1 is 1.36 bits per heavy atom. The molecular formula is C18H28N2O2. The number of nitrogens with one attached hydrogen (secondary N) is 2. The van der Waals surface area contributed by atoms with Crippen LogP contribution in [0.5, 0.6) is 5.75 Å². The molecule has 0 aliphatic carbocycles. The number of benzene rings is 1. The second-order valence-electron chi connectivity index (χ2n) is 6.49. The molecule has 2 rings (SSSR count). The topological polar surface area (TPSA) is 50.4 Å². The molecule has 0 bridgehead atoms. The number of rotatable bonds is 5. The highest BCUT2D eigenvalue weighted by Gasteiger charge is 2.25. The van der Waals surface area contributed by atoms with E-state index >= 15 is 0 Å². The number of carbonyl (C=O) groups excluding carboxylic acids is 1. The van der Waals surface area contributed by atoms with Crippen LogP contribution in [0.25, 0.3) is 0 Å². The molecule has 3 unspecified atom stereocenters. The van der Waals surface area contributed by atoms with Gasteiger partial charge in [0.2, 0.25) is 0 Å². The molecule has 1 aromatic carbocycles. The smallest absolute Gasteiger partial charge is 0.261 e. The first kappa shape index (κ1) is 16.8. The third-order valence-corrected chi connectivity index (χ3v) is 4.30. The molecule has 0 aromatic heterocycles. The summed E-state index contributed by atoms with van der Waals surface area (Å²) in [7, 11) is 0. The van der Waals surface area contributed by atoms with Crippen molar-refractivity contribution < 1.29 is 9.53 Å². The fourth-order valence-corrected chi connectivity index (χ4v) is 2.75. The maximum absolute atomic E-state index is 12.3. The fourth-order valence-electron chi connectivity index (χ4n) is 2.75. The largest absolute Gasteiger partial charge is 0.481 e. The standard InChI is InChI=1S/C18H28N2O2/c1-12(2)15-7-5-8-16(11-15)22-14(4)18(21)20-17-9-6-10-19-13(17)3/h5,7-8,11-14,17,19H,6,9-10H2,1-4H3,(H,20,21). The van der Waals surface area contributed by atoms with E-state index in [1.54, 1.807) is 6.92 Å². The molecule has 0 radical (unpaired) electrons. The van der Waals surface area contributed by atoms with Crippen LogP contribution in [0.15, 0.2) is 24.3 Å². The summed E-state index contributed by atoms with van der Waals surface area (Å²) < 4.78 is 5.81. The SMILES string of the molecule is CC(Oc1cccc(C(C)C)c1)C(=O)NC1CCCNC1C. The van der Waals surface area contributed by atoms with E-state index < -0.39 is 6.10 Å². The molecule has 1 aliphatic heterocycles. The van der Waals surface area contributed by atoms with E-state index in [9.17, 15) is 4.79 Å². The maximum Gasteiger partial charge on any atom is 0.261 e. The first-order valence-corrected chi connectivity index (χ1v) is 8.27. The lowest BCUT2D eigenvalue weighted by atomic mass is 10.00. The van der Waals surface area contributed by atoms with Crippen LogP contribution in [-0.2, 0) is 4.79 Å². The van der Waals surface area contributed by atoms with Crippen LogP contribution in [0.4, 0.5) is 0 Å². The maximum atomic E-state index is 12.3. The summed E-state index contributed by atoms with van der Waals surface area (Å²) >= 11 is 0. The molecule has 0 saturated carbocycles. The van der Waals surface area contributed by atoms with Crippen molar-refractivity contribution >= 4 is 5.91 Å². The molecule has 1 saturated heterocycles. The Morgan fingerprint density at radius 3 is 2.82 bits per heavy atom. The summed E-state index contributed by atoms with van der Waals surface area (Å²) in [6.07, 6.45) is 1.63. The molecular weight excluding hydrogens is 276 g/mol. The summed E-state index contributed by atoms with van der Waals surface area (Å²) in [5, 5.41) is 6.49. The first-order valence-electron chi connectivity index (χ1n) is 8.27. The van der Waals surface area contributed by atoms with E-state index in [4.69, 9.17) is 4.74 Å². The van der Waals surface area contributed by atoms with Crippen LogP contribution >= 0.6 is 0 Å². The van der Waals surface area contributed by atoms with Crippen molar-refractivity contribution in [3.05, 3.63) is 29.8 Å². The van der Waals surface area contributed by atoms with Gasteiger partial charge in [-0.3, -0.25) is 4.79 Å². The number of hydrogen-bond acceptors (Lipinski definition) is 3. The number of ether oxygens (including phenoxy) is 1. The van der Waals surface area contributed by atoms with Gasteiger partial charge in [0, 0.05) is 12.1 Å². The number of hydrogen-bond donors (Lipinski definition) is 2. The Bertz CT molecular complexity index is 502. The fraction of sp³-hybridized carbons (Fsp3) is 0.611. The van der Waals surface area contributed by atoms with Gasteiger partial charge >= 0.3 is 0 Å². The number of carbonyl (C=O) groups is 1. The predicted octanol–water partition coefficient (Wildman–Crippen LogP) is 2.83. The molecule has 0 spiro atoms. The van der Waals surface area contributed by atoms with Crippen LogP contribution in [0.1, 0.15) is 52.0 Å². The van der Waals surface area contributed by atoms with Crippen molar-refractivity contribution in [3.8, 4) is 5.75 Å². The lowest BCUT2D eigenvalue weighted by Crippen LogP contribution is -2.54. The van der Waals surface area contributed by atoms with Gasteiger partial charge in [-0.1, -0.05) is 26.0 Å². The molecule has 1 amide bonds. The second-order valence-corrected chi connectivity index (χ2v) is 6.49. The van der Waals surface area contributed by atoms with Crippen LogP contribution in [0.3, 0.4) is 0 Å². The lowest BCUT2D eigenvalue weighted by Gasteiger charge is -2.31. The zero-order chi connectivity index (χ0) is 16.1. The van der Waals surface area contributed by atoms with E-state index in [0.717, 1.165) is 25.1 Å². The molecule has 4 nitrogen and oxygen atoms in total. The minimum absolute atomic E-state index is 0.0458. The highest BCUT2D eigenvalue weighted by molar-refractivity contribution is 5.81. The molecule has 1 fully saturated rings. The van der Waals surface area contributed by atoms with Gasteiger partial charge < -0.3 is 15.4 Å². The molecule has 1 aliphatic rings. The van der Waals surface area contributed by atoms with Crippen molar-refractivity contribution in [3.63, 3.8) is 0 Å². The van der Waals surface area contributed by atoms with E-state index in [2.05, 4.69) is 37.5 Å². The van der Waals surface area contributed by atoms with Gasteiger partial charge in [0.05, 0.1) is 0 Å². The van der Waals surface area contributed by atoms with Gasteiger partial charge in [-0.25, -0.2) is 0 Å². The first-order chi connectivity index (χ1) is 10.5. The summed E-state index contributed by atoms with van der Waals surface area (Å²) in [4.78, 5) is 12.3. The predicted molar refractivity (Wildman–Crippen MR) is 89.3 cm³/mol. The number of piperidine rings is 1. The Hall–Kier alpha value is -1.55. The monoisotopic (exact) mass is 304 g/mol. The van der Waals surface area contributed by atoms with E-state index in [1.807, 2.05) is 18.2 Å². The summed E-state index contributed by atoms with van der Waals surface area (Å²) in [6.45, 7) is 9.24. The second kappa shape index (κ2) is 7.63. The van der Waals surface area contributed by atoms with Crippen molar-refractivity contribution in [2.24, 2.45) is 0 Å². The van der Waals surface area contributed by atoms with Gasteiger partial charge in [0.1, 0.15) is 5.75 Å². The molecule has 1 heterocycles. The molecule has 22 heavy (non-hydrogen) atoms. The Morgan fingerprint density at radius 2 is 2.14 bits per heavy atom. The molecule has 122 valence electrons. The van der Waals surface area contributed by atoms with Gasteiger partial charge in [0.25, 0.3) is 5.91 Å². The van der Waals surface area contributed by atoms with Crippen molar-refractivity contribution in [1.29, 1.82) is 0 Å². The third-order valence-electron chi connectivity index (χ3n) is 4.30. The van der Waals surface area contributed by atoms with Crippen molar-refractivity contribution in [2.45, 2.75) is 64.6 Å². The number of amides is 1. The van der Waals surface area contributed by atoms with Crippen LogP contribution in [-0.4, -0.2) is 30.6 Å². The molecule has 3 atom stereocenters. The van der Waals surface area contributed by atoms with Crippen LogP contribution < -0.4 is 15.4 Å². The van der Waals surface area contributed by atoms with Gasteiger partial charge in [0.15, 0.2) is 6.10 Å². The quantitative estimate of drug-likeness (QED) is 0.879.